The van der Waals surface area contributed by atoms with Crippen LogP contribution in [0.15, 0.2) is 42.2 Å². The summed E-state index contributed by atoms with van der Waals surface area (Å²) in [6, 6.07) is 10.1. The van der Waals surface area contributed by atoms with Crippen molar-refractivity contribution >= 4 is 11.3 Å². The fraction of sp³-hybridized carbons (Fsp3) is 0.0833. The van der Waals surface area contributed by atoms with Crippen LogP contribution in [-0.4, -0.2) is 19.7 Å². The Bertz CT molecular complexity index is 627. The number of hydrogen-bond donors (Lipinski definition) is 0. The lowest BCUT2D eigenvalue weighted by molar-refractivity contribution is 1.06. The number of para-hydroxylation sites is 1. The minimum atomic E-state index is 0.844. The molecule has 0 aliphatic carbocycles. The number of thiazole rings is 1. The van der Waals surface area contributed by atoms with Gasteiger partial charge in [-0.3, -0.25) is 4.57 Å². The molecule has 84 valence electrons. The molecule has 0 atom stereocenters. The summed E-state index contributed by atoms with van der Waals surface area (Å²) in [4.78, 5) is 5.31. The molecule has 3 rings (SSSR count). The first-order valence-corrected chi connectivity index (χ1v) is 6.10. The Kier molecular flexibility index (Phi) is 2.45. The third-order valence-corrected chi connectivity index (χ3v) is 3.46. The molecule has 17 heavy (non-hydrogen) atoms. The largest absolute Gasteiger partial charge is 0.281 e. The molecule has 5 heteroatoms. The Labute approximate surface area is 103 Å². The van der Waals surface area contributed by atoms with Gasteiger partial charge >= 0.3 is 0 Å². The van der Waals surface area contributed by atoms with Crippen LogP contribution < -0.4 is 0 Å². The van der Waals surface area contributed by atoms with Crippen LogP contribution in [-0.2, 0) is 0 Å². The van der Waals surface area contributed by atoms with E-state index in [0.29, 0.717) is 0 Å². The second-order valence-electron chi connectivity index (χ2n) is 3.63. The molecular weight excluding hydrogens is 232 g/mol. The van der Waals surface area contributed by atoms with Crippen molar-refractivity contribution in [3.63, 3.8) is 0 Å². The monoisotopic (exact) mass is 242 g/mol. The zero-order valence-electron chi connectivity index (χ0n) is 9.24. The van der Waals surface area contributed by atoms with Crippen LogP contribution in [0, 0.1) is 6.92 Å². The van der Waals surface area contributed by atoms with Crippen molar-refractivity contribution in [2.75, 3.05) is 0 Å². The molecule has 0 aliphatic rings. The van der Waals surface area contributed by atoms with Crippen LogP contribution in [0.4, 0.5) is 0 Å². The summed E-state index contributed by atoms with van der Waals surface area (Å²) in [6.45, 7) is 1.98. The molecule has 0 bridgehead atoms. The highest BCUT2D eigenvalue weighted by Crippen LogP contribution is 2.26. The zero-order chi connectivity index (χ0) is 11.7. The second-order valence-corrected chi connectivity index (χ2v) is 4.48. The van der Waals surface area contributed by atoms with E-state index in [2.05, 4.69) is 15.2 Å². The molecule has 0 spiro atoms. The van der Waals surface area contributed by atoms with Crippen molar-refractivity contribution in [1.29, 1.82) is 0 Å². The molecule has 0 saturated heterocycles. The Morgan fingerprint density at radius 3 is 2.71 bits per heavy atom. The zero-order valence-corrected chi connectivity index (χ0v) is 10.1. The van der Waals surface area contributed by atoms with E-state index in [4.69, 9.17) is 0 Å². The highest BCUT2D eigenvalue weighted by molar-refractivity contribution is 7.13. The summed E-state index contributed by atoms with van der Waals surface area (Å²) in [5, 5.41) is 8.17. The van der Waals surface area contributed by atoms with Gasteiger partial charge in [-0.05, 0) is 19.1 Å². The third-order valence-electron chi connectivity index (χ3n) is 2.53. The van der Waals surface area contributed by atoms with Gasteiger partial charge in [-0.25, -0.2) is 4.98 Å². The number of nitrogens with zero attached hydrogens (tertiary/aromatic N) is 4. The summed E-state index contributed by atoms with van der Waals surface area (Å²) in [6.07, 6.45) is 1.73. The van der Waals surface area contributed by atoms with Crippen LogP contribution in [0.5, 0.6) is 0 Å². The van der Waals surface area contributed by atoms with Gasteiger partial charge in [-0.15, -0.1) is 21.5 Å². The van der Waals surface area contributed by atoms with E-state index < -0.39 is 0 Å². The summed E-state index contributed by atoms with van der Waals surface area (Å²) in [7, 11) is 0. The van der Waals surface area contributed by atoms with Gasteiger partial charge in [0.05, 0.1) is 16.1 Å². The number of hydrogen-bond acceptors (Lipinski definition) is 4. The quantitative estimate of drug-likeness (QED) is 0.694. The molecule has 0 fully saturated rings. The predicted octanol–water partition coefficient (Wildman–Crippen LogP) is 2.70. The minimum absolute atomic E-state index is 0.844. The van der Waals surface area contributed by atoms with E-state index in [1.165, 1.54) is 0 Å². The van der Waals surface area contributed by atoms with Gasteiger partial charge in [0.15, 0.2) is 5.82 Å². The highest BCUT2D eigenvalue weighted by Gasteiger charge is 2.12. The topological polar surface area (TPSA) is 43.6 Å². The fourth-order valence-electron chi connectivity index (χ4n) is 1.68. The Hall–Kier alpha value is -2.01. The molecule has 0 unspecified atom stereocenters. The van der Waals surface area contributed by atoms with Crippen LogP contribution in [0.1, 0.15) is 5.69 Å². The van der Waals surface area contributed by atoms with E-state index in [-0.39, 0.29) is 0 Å². The van der Waals surface area contributed by atoms with E-state index in [1.807, 2.05) is 47.3 Å². The highest BCUT2D eigenvalue weighted by atomic mass is 32.1. The van der Waals surface area contributed by atoms with Crippen LogP contribution in [0.25, 0.3) is 16.4 Å². The second kappa shape index (κ2) is 4.10. The van der Waals surface area contributed by atoms with Gasteiger partial charge in [-0.2, -0.15) is 0 Å². The number of aryl methyl sites for hydroxylation is 1. The summed E-state index contributed by atoms with van der Waals surface area (Å²) >= 11 is 1.58. The van der Waals surface area contributed by atoms with Crippen LogP contribution in [0.3, 0.4) is 0 Å². The SMILES string of the molecule is Cc1ncsc1-c1nncn1-c1ccccc1. The number of aromatic nitrogens is 4. The lowest BCUT2D eigenvalue weighted by atomic mass is 10.3. The molecule has 4 nitrogen and oxygen atoms in total. The van der Waals surface area contributed by atoms with Crippen molar-refractivity contribution in [3.05, 3.63) is 47.9 Å². The first-order chi connectivity index (χ1) is 8.36. The van der Waals surface area contributed by atoms with E-state index in [0.717, 1.165) is 22.1 Å². The Morgan fingerprint density at radius 1 is 1.18 bits per heavy atom. The first-order valence-electron chi connectivity index (χ1n) is 5.22. The fourth-order valence-corrected chi connectivity index (χ4v) is 2.47. The average Bonchev–Trinajstić information content (AvgIpc) is 2.98. The van der Waals surface area contributed by atoms with E-state index >= 15 is 0 Å². The average molecular weight is 242 g/mol. The van der Waals surface area contributed by atoms with Gasteiger partial charge in [0.2, 0.25) is 0 Å². The maximum absolute atomic E-state index is 4.24. The molecule has 2 heterocycles. The van der Waals surface area contributed by atoms with Crippen LogP contribution in [0.2, 0.25) is 0 Å². The molecule has 0 N–H and O–H groups in total. The normalized spacial score (nSPS) is 10.6. The third kappa shape index (κ3) is 1.74. The van der Waals surface area contributed by atoms with Crippen molar-refractivity contribution < 1.29 is 0 Å². The van der Waals surface area contributed by atoms with Crippen molar-refractivity contribution in [3.8, 4) is 16.4 Å². The Balaban J connectivity index is 2.16. The molecule has 0 radical (unpaired) electrons. The lowest BCUT2D eigenvalue weighted by Crippen LogP contribution is -1.95. The maximum atomic E-state index is 4.24. The first kappa shape index (κ1) is 10.2. The molecule has 3 aromatic rings. The smallest absolute Gasteiger partial charge is 0.180 e. The molecule has 0 aliphatic heterocycles. The van der Waals surface area contributed by atoms with E-state index in [1.54, 1.807) is 17.7 Å². The van der Waals surface area contributed by atoms with Gasteiger partial charge in [0, 0.05) is 5.69 Å². The molecule has 2 aromatic heterocycles. The van der Waals surface area contributed by atoms with Gasteiger partial charge < -0.3 is 0 Å². The molecule has 1 aromatic carbocycles. The molecule has 0 amide bonds. The van der Waals surface area contributed by atoms with E-state index in [9.17, 15) is 0 Å². The maximum Gasteiger partial charge on any atom is 0.180 e. The number of rotatable bonds is 2. The predicted molar refractivity (Wildman–Crippen MR) is 67.2 cm³/mol. The van der Waals surface area contributed by atoms with Gasteiger partial charge in [0.1, 0.15) is 6.33 Å². The van der Waals surface area contributed by atoms with Crippen molar-refractivity contribution in [2.45, 2.75) is 6.92 Å². The van der Waals surface area contributed by atoms with Crippen LogP contribution >= 0.6 is 11.3 Å². The van der Waals surface area contributed by atoms with Crippen molar-refractivity contribution in [1.82, 2.24) is 19.7 Å². The summed E-state index contributed by atoms with van der Waals surface area (Å²) < 4.78 is 1.97. The lowest BCUT2D eigenvalue weighted by Gasteiger charge is -2.04. The number of benzene rings is 1. The van der Waals surface area contributed by atoms with Crippen molar-refractivity contribution in [2.24, 2.45) is 0 Å². The summed E-state index contributed by atoms with van der Waals surface area (Å²) in [5.74, 6) is 0.844. The summed E-state index contributed by atoms with van der Waals surface area (Å²) in [5.41, 5.74) is 3.87. The molecule has 0 saturated carbocycles. The van der Waals surface area contributed by atoms with Gasteiger partial charge in [-0.1, -0.05) is 18.2 Å². The molecular formula is C12H10N4S. The Morgan fingerprint density at radius 2 is 2.00 bits per heavy atom. The van der Waals surface area contributed by atoms with Gasteiger partial charge in [0.25, 0.3) is 0 Å². The minimum Gasteiger partial charge on any atom is -0.281 e. The standard InChI is InChI=1S/C12H10N4S/c1-9-11(17-8-13-9)12-15-14-7-16(12)10-5-3-2-4-6-10/h2-8H,1H3.